The van der Waals surface area contributed by atoms with Crippen LogP contribution in [-0.2, 0) is 24.1 Å². The highest BCUT2D eigenvalue weighted by atomic mass is 19.4. The van der Waals surface area contributed by atoms with Gasteiger partial charge in [0.05, 0.1) is 36.8 Å². The van der Waals surface area contributed by atoms with Crippen molar-refractivity contribution in [1.29, 1.82) is 0 Å². The number of amides is 2. The minimum atomic E-state index is -4.90. The molecule has 0 bridgehead atoms. The third-order valence-electron chi connectivity index (χ3n) is 7.20. The van der Waals surface area contributed by atoms with Gasteiger partial charge in [0.1, 0.15) is 5.82 Å². The van der Waals surface area contributed by atoms with Crippen molar-refractivity contribution in [3.63, 3.8) is 0 Å². The van der Waals surface area contributed by atoms with Crippen molar-refractivity contribution < 1.29 is 36.6 Å². The van der Waals surface area contributed by atoms with Crippen molar-refractivity contribution in [3.05, 3.63) is 101 Å². The highest BCUT2D eigenvalue weighted by molar-refractivity contribution is 6.30. The standard InChI is InChI=1S/C31H28F4N4O4/c1-37(16-20-6-11-27(42-2)28(14-20)43-3)29(40)21-7-4-19(5-8-21)17-38-13-12-26-23(18-38)30(41)39(36-26)22-9-10-25(32)24(15-22)31(33,34)35/h4-11,14-15,18H,12-13,16-17H2,1-3H3. The van der Waals surface area contributed by atoms with E-state index in [1.54, 1.807) is 50.6 Å². The monoisotopic (exact) mass is 596 g/mol. The van der Waals surface area contributed by atoms with Gasteiger partial charge in [0.25, 0.3) is 11.8 Å². The normalized spacial score (nSPS) is 14.7. The molecule has 3 aromatic carbocycles. The number of carbonyl (C=O) groups excluding carboxylic acids is 2. The minimum Gasteiger partial charge on any atom is -0.493 e. The SMILES string of the molecule is COc1ccc(CN(C)C(=O)c2ccc(CN3C=C4C(=O)N(c5ccc(F)c(C(F)(F)F)c5)N=C4CC3)cc2)cc1OC. The zero-order valence-electron chi connectivity index (χ0n) is 23.6. The summed E-state index contributed by atoms with van der Waals surface area (Å²) < 4.78 is 63.9. The molecule has 0 fully saturated rings. The number of hydrazone groups is 1. The topological polar surface area (TPSA) is 74.7 Å². The summed E-state index contributed by atoms with van der Waals surface area (Å²) in [6.07, 6.45) is -2.87. The van der Waals surface area contributed by atoms with Crippen molar-refractivity contribution in [2.75, 3.05) is 32.8 Å². The van der Waals surface area contributed by atoms with E-state index in [4.69, 9.17) is 9.47 Å². The predicted octanol–water partition coefficient (Wildman–Crippen LogP) is 5.63. The van der Waals surface area contributed by atoms with Gasteiger partial charge in [-0.15, -0.1) is 0 Å². The van der Waals surface area contributed by atoms with Gasteiger partial charge in [0, 0.05) is 44.9 Å². The van der Waals surface area contributed by atoms with E-state index in [1.807, 2.05) is 29.2 Å². The van der Waals surface area contributed by atoms with Crippen LogP contribution in [0, 0.1) is 5.82 Å². The van der Waals surface area contributed by atoms with Gasteiger partial charge >= 0.3 is 6.18 Å². The summed E-state index contributed by atoms with van der Waals surface area (Å²) in [5, 5.41) is 5.08. The van der Waals surface area contributed by atoms with Crippen molar-refractivity contribution in [1.82, 2.24) is 9.80 Å². The number of methoxy groups -OCH3 is 2. The first kappa shape index (κ1) is 29.6. The summed E-state index contributed by atoms with van der Waals surface area (Å²) in [7, 11) is 4.82. The van der Waals surface area contributed by atoms with E-state index >= 15 is 0 Å². The summed E-state index contributed by atoms with van der Waals surface area (Å²) in [6, 6.07) is 15.0. The molecule has 0 unspecified atom stereocenters. The highest BCUT2D eigenvalue weighted by Crippen LogP contribution is 2.36. The van der Waals surface area contributed by atoms with Crippen molar-refractivity contribution >= 4 is 23.2 Å². The second-order valence-corrected chi connectivity index (χ2v) is 10.1. The smallest absolute Gasteiger partial charge is 0.419 e. The van der Waals surface area contributed by atoms with Gasteiger partial charge in [0.15, 0.2) is 11.5 Å². The van der Waals surface area contributed by atoms with Gasteiger partial charge in [-0.25, -0.2) is 4.39 Å². The Balaban J connectivity index is 1.23. The Bertz CT molecular complexity index is 1620. The van der Waals surface area contributed by atoms with Crippen LogP contribution in [0.4, 0.5) is 23.2 Å². The lowest BCUT2D eigenvalue weighted by atomic mass is 10.0. The van der Waals surface area contributed by atoms with Crippen molar-refractivity contribution in [3.8, 4) is 11.5 Å². The summed E-state index contributed by atoms with van der Waals surface area (Å²) in [5.74, 6) is -0.984. The number of carbonyl (C=O) groups is 2. The second kappa shape index (κ2) is 11.8. The van der Waals surface area contributed by atoms with Gasteiger partial charge in [-0.3, -0.25) is 9.59 Å². The third kappa shape index (κ3) is 6.18. The molecular formula is C31H28F4N4O4. The molecule has 2 aliphatic heterocycles. The van der Waals surface area contributed by atoms with Crippen LogP contribution in [0.2, 0.25) is 0 Å². The molecule has 12 heteroatoms. The van der Waals surface area contributed by atoms with E-state index in [-0.39, 0.29) is 17.2 Å². The minimum absolute atomic E-state index is 0.159. The molecule has 0 saturated heterocycles. The zero-order valence-corrected chi connectivity index (χ0v) is 23.6. The maximum atomic E-state index is 13.7. The fourth-order valence-electron chi connectivity index (χ4n) is 4.96. The average Bonchev–Trinajstić information content (AvgIpc) is 3.32. The van der Waals surface area contributed by atoms with E-state index in [9.17, 15) is 27.2 Å². The van der Waals surface area contributed by atoms with Gasteiger partial charge in [-0.2, -0.15) is 23.3 Å². The molecule has 0 spiro atoms. The molecule has 5 rings (SSSR count). The molecule has 0 radical (unpaired) electrons. The van der Waals surface area contributed by atoms with Crippen LogP contribution in [0.1, 0.15) is 33.5 Å². The van der Waals surface area contributed by atoms with Crippen molar-refractivity contribution in [2.45, 2.75) is 25.7 Å². The Hall–Kier alpha value is -4.87. The van der Waals surface area contributed by atoms with Crippen LogP contribution in [-0.4, -0.2) is 55.1 Å². The molecule has 3 aromatic rings. The van der Waals surface area contributed by atoms with E-state index in [0.29, 0.717) is 61.0 Å². The maximum absolute atomic E-state index is 13.7. The van der Waals surface area contributed by atoms with Crippen LogP contribution >= 0.6 is 0 Å². The molecular weight excluding hydrogens is 568 g/mol. The molecule has 0 atom stereocenters. The van der Waals surface area contributed by atoms with Crippen LogP contribution in [0.3, 0.4) is 0 Å². The van der Waals surface area contributed by atoms with Gasteiger partial charge < -0.3 is 19.3 Å². The van der Waals surface area contributed by atoms with Crippen LogP contribution in [0.15, 0.2) is 77.5 Å². The fourth-order valence-corrected chi connectivity index (χ4v) is 4.96. The number of ether oxygens (including phenoxy) is 2. The number of hydrogen-bond acceptors (Lipinski definition) is 6. The molecule has 43 heavy (non-hydrogen) atoms. The first-order chi connectivity index (χ1) is 20.5. The lowest BCUT2D eigenvalue weighted by Gasteiger charge is -2.25. The number of benzene rings is 3. The third-order valence-corrected chi connectivity index (χ3v) is 7.20. The van der Waals surface area contributed by atoms with Crippen LogP contribution in [0.5, 0.6) is 11.5 Å². The molecule has 0 aliphatic carbocycles. The quantitative estimate of drug-likeness (QED) is 0.316. The molecule has 2 amide bonds. The molecule has 0 saturated carbocycles. The molecule has 0 aromatic heterocycles. The Kier molecular flexibility index (Phi) is 8.12. The number of nitrogens with zero attached hydrogens (tertiary/aromatic N) is 4. The lowest BCUT2D eigenvalue weighted by molar-refractivity contribution is -0.140. The van der Waals surface area contributed by atoms with Gasteiger partial charge in [-0.05, 0) is 53.6 Å². The molecule has 0 N–H and O–H groups in total. The molecule has 224 valence electrons. The Morgan fingerprint density at radius 3 is 2.35 bits per heavy atom. The molecule has 8 nitrogen and oxygen atoms in total. The second-order valence-electron chi connectivity index (χ2n) is 10.1. The number of halogens is 4. The number of alkyl halides is 3. The highest BCUT2D eigenvalue weighted by Gasteiger charge is 2.38. The van der Waals surface area contributed by atoms with E-state index in [1.165, 1.54) is 0 Å². The average molecular weight is 597 g/mol. The fraction of sp³-hybridized carbons (Fsp3) is 0.258. The molecule has 2 aliphatic rings. The number of rotatable bonds is 8. The summed E-state index contributed by atoms with van der Waals surface area (Å²) in [4.78, 5) is 29.6. The Morgan fingerprint density at radius 1 is 0.977 bits per heavy atom. The van der Waals surface area contributed by atoms with E-state index in [2.05, 4.69) is 5.10 Å². The lowest BCUT2D eigenvalue weighted by Crippen LogP contribution is -2.29. The predicted molar refractivity (Wildman–Crippen MR) is 151 cm³/mol. The number of fused-ring (bicyclic) bond motifs is 1. The van der Waals surface area contributed by atoms with E-state index in [0.717, 1.165) is 22.2 Å². The van der Waals surface area contributed by atoms with E-state index < -0.39 is 23.5 Å². The largest absolute Gasteiger partial charge is 0.493 e. The number of hydrogen-bond donors (Lipinski definition) is 0. The van der Waals surface area contributed by atoms with Crippen molar-refractivity contribution in [2.24, 2.45) is 5.10 Å². The number of anilines is 1. The van der Waals surface area contributed by atoms with Crippen LogP contribution < -0.4 is 14.5 Å². The Labute approximate surface area is 245 Å². The summed E-state index contributed by atoms with van der Waals surface area (Å²) >= 11 is 0. The summed E-state index contributed by atoms with van der Waals surface area (Å²) in [5.41, 5.74) is 1.39. The maximum Gasteiger partial charge on any atom is 0.419 e. The van der Waals surface area contributed by atoms with Gasteiger partial charge in [-0.1, -0.05) is 18.2 Å². The van der Waals surface area contributed by atoms with Crippen LogP contribution in [0.25, 0.3) is 0 Å². The first-order valence-electron chi connectivity index (χ1n) is 13.3. The summed E-state index contributed by atoms with van der Waals surface area (Å²) in [6.45, 7) is 1.33. The van der Waals surface area contributed by atoms with Gasteiger partial charge in [0.2, 0.25) is 0 Å². The Morgan fingerprint density at radius 2 is 1.67 bits per heavy atom. The zero-order chi connectivity index (χ0) is 30.9. The molecule has 2 heterocycles. The first-order valence-corrected chi connectivity index (χ1v) is 13.3.